The zero-order valence-electron chi connectivity index (χ0n) is 10.7. The fraction of sp³-hybridized carbons (Fsp3) is 0.692. The van der Waals surface area contributed by atoms with E-state index in [1.54, 1.807) is 0 Å². The number of hydrogen-bond donors (Lipinski definition) is 0. The molecule has 1 atom stereocenters. The molecule has 0 radical (unpaired) electrons. The molecule has 3 heteroatoms. The summed E-state index contributed by atoms with van der Waals surface area (Å²) in [6.45, 7) is 9.72. The third-order valence-corrected chi connectivity index (χ3v) is 3.72. The zero-order chi connectivity index (χ0) is 11.8. The first kappa shape index (κ1) is 11.4. The summed E-state index contributed by atoms with van der Waals surface area (Å²) in [6.07, 6.45) is 6.48. The molecular formula is C13H21N3. The van der Waals surface area contributed by atoms with Crippen LogP contribution in [0.25, 0.3) is 0 Å². The molecule has 0 aliphatic carbocycles. The number of hydrazone groups is 1. The summed E-state index contributed by atoms with van der Waals surface area (Å²) in [7, 11) is 0. The van der Waals surface area contributed by atoms with Crippen LogP contribution < -0.4 is 0 Å². The lowest BCUT2D eigenvalue weighted by molar-refractivity contribution is 0.252. The number of hydrogen-bond acceptors (Lipinski definition) is 3. The maximum Gasteiger partial charge on any atom is 0.144 e. The molecule has 3 nitrogen and oxygen atoms in total. The summed E-state index contributed by atoms with van der Waals surface area (Å²) in [4.78, 5) is 4.87. The van der Waals surface area contributed by atoms with Crippen molar-refractivity contribution in [1.82, 2.24) is 5.01 Å². The number of rotatable bonds is 3. The van der Waals surface area contributed by atoms with Gasteiger partial charge in [0, 0.05) is 0 Å². The molecule has 0 aromatic carbocycles. The summed E-state index contributed by atoms with van der Waals surface area (Å²) in [5.74, 6) is 1.68. The van der Waals surface area contributed by atoms with E-state index in [-0.39, 0.29) is 5.54 Å². The summed E-state index contributed by atoms with van der Waals surface area (Å²) < 4.78 is 0. The molecule has 0 spiro atoms. The van der Waals surface area contributed by atoms with Gasteiger partial charge >= 0.3 is 0 Å². The van der Waals surface area contributed by atoms with Crippen LogP contribution in [0.5, 0.6) is 0 Å². The molecule has 2 aliphatic rings. The number of amidine groups is 1. The van der Waals surface area contributed by atoms with Gasteiger partial charge in [0.1, 0.15) is 5.84 Å². The van der Waals surface area contributed by atoms with Crippen LogP contribution in [-0.2, 0) is 0 Å². The van der Waals surface area contributed by atoms with Crippen molar-refractivity contribution in [3.8, 4) is 0 Å². The van der Waals surface area contributed by atoms with Crippen molar-refractivity contribution >= 4 is 11.5 Å². The van der Waals surface area contributed by atoms with E-state index < -0.39 is 0 Å². The van der Waals surface area contributed by atoms with E-state index >= 15 is 0 Å². The van der Waals surface area contributed by atoms with Gasteiger partial charge in [-0.1, -0.05) is 26.7 Å². The zero-order valence-corrected chi connectivity index (χ0v) is 10.7. The smallest absolute Gasteiger partial charge is 0.144 e. The molecule has 0 aromatic heterocycles. The second-order valence-electron chi connectivity index (χ2n) is 4.97. The first-order valence-electron chi connectivity index (χ1n) is 6.19. The van der Waals surface area contributed by atoms with Gasteiger partial charge in [-0.15, -0.1) is 0 Å². The largest absolute Gasteiger partial charge is 0.258 e. The average Bonchev–Trinajstić information content (AvgIpc) is 2.56. The Kier molecular flexibility index (Phi) is 2.87. The van der Waals surface area contributed by atoms with Gasteiger partial charge in [-0.3, -0.25) is 4.99 Å². The standard InChI is InChI=1S/C13H21N3/c1-5-11(6-2)13(4)9-16-12(14-13)8-7-10(3)15-16/h7-8,11H,5-6,9H2,1-4H3. The van der Waals surface area contributed by atoms with Crippen molar-refractivity contribution in [3.63, 3.8) is 0 Å². The predicted octanol–water partition coefficient (Wildman–Crippen LogP) is 2.84. The molecule has 88 valence electrons. The maximum atomic E-state index is 4.87. The van der Waals surface area contributed by atoms with Crippen molar-refractivity contribution in [2.45, 2.75) is 46.1 Å². The lowest BCUT2D eigenvalue weighted by Gasteiger charge is -2.30. The monoisotopic (exact) mass is 219 g/mol. The van der Waals surface area contributed by atoms with Gasteiger partial charge in [0.15, 0.2) is 0 Å². The van der Waals surface area contributed by atoms with E-state index in [9.17, 15) is 0 Å². The van der Waals surface area contributed by atoms with Gasteiger partial charge in [0.05, 0.1) is 17.8 Å². The van der Waals surface area contributed by atoms with Gasteiger partial charge in [0.2, 0.25) is 0 Å². The molecule has 0 N–H and O–H groups in total. The van der Waals surface area contributed by atoms with Gasteiger partial charge in [-0.25, -0.2) is 5.01 Å². The van der Waals surface area contributed by atoms with Crippen LogP contribution >= 0.6 is 0 Å². The summed E-state index contributed by atoms with van der Waals surface area (Å²) in [5.41, 5.74) is 1.10. The van der Waals surface area contributed by atoms with E-state index in [0.717, 1.165) is 18.1 Å². The van der Waals surface area contributed by atoms with E-state index in [1.165, 1.54) is 12.8 Å². The molecule has 0 aromatic rings. The van der Waals surface area contributed by atoms with E-state index in [2.05, 4.69) is 31.9 Å². The average molecular weight is 219 g/mol. The summed E-state index contributed by atoms with van der Waals surface area (Å²) in [5, 5.41) is 6.57. The van der Waals surface area contributed by atoms with Crippen molar-refractivity contribution in [2.24, 2.45) is 16.0 Å². The van der Waals surface area contributed by atoms with E-state index in [4.69, 9.17) is 4.99 Å². The Morgan fingerprint density at radius 2 is 2.06 bits per heavy atom. The normalized spacial score (nSPS) is 28.2. The minimum absolute atomic E-state index is 0.0390. The third-order valence-electron chi connectivity index (χ3n) is 3.72. The first-order chi connectivity index (χ1) is 7.59. The topological polar surface area (TPSA) is 28.0 Å². The van der Waals surface area contributed by atoms with Crippen molar-refractivity contribution in [3.05, 3.63) is 12.2 Å². The van der Waals surface area contributed by atoms with Crippen molar-refractivity contribution in [1.29, 1.82) is 0 Å². The molecular weight excluding hydrogens is 198 g/mol. The lowest BCUT2D eigenvalue weighted by Crippen LogP contribution is -2.37. The van der Waals surface area contributed by atoms with Crippen molar-refractivity contribution < 1.29 is 0 Å². The molecule has 2 aliphatic heterocycles. The minimum Gasteiger partial charge on any atom is -0.258 e. The molecule has 0 saturated heterocycles. The number of nitrogens with zero attached hydrogens (tertiary/aromatic N) is 3. The fourth-order valence-corrected chi connectivity index (χ4v) is 2.76. The van der Waals surface area contributed by atoms with Crippen LogP contribution in [0.3, 0.4) is 0 Å². The molecule has 2 rings (SSSR count). The Bertz CT molecular complexity index is 363. The van der Waals surface area contributed by atoms with Crippen LogP contribution in [0.4, 0.5) is 0 Å². The quantitative estimate of drug-likeness (QED) is 0.717. The van der Waals surface area contributed by atoms with Crippen LogP contribution in [0.15, 0.2) is 22.2 Å². The highest BCUT2D eigenvalue weighted by molar-refractivity contribution is 6.05. The Morgan fingerprint density at radius 1 is 1.38 bits per heavy atom. The Balaban J connectivity index is 2.24. The molecule has 1 unspecified atom stereocenters. The Labute approximate surface area is 97.9 Å². The number of allylic oxidation sites excluding steroid dienone is 1. The highest BCUT2D eigenvalue weighted by Crippen LogP contribution is 2.34. The molecule has 0 bridgehead atoms. The van der Waals surface area contributed by atoms with Gasteiger partial charge < -0.3 is 0 Å². The predicted molar refractivity (Wildman–Crippen MR) is 68.9 cm³/mol. The molecule has 16 heavy (non-hydrogen) atoms. The molecule has 0 fully saturated rings. The SMILES string of the molecule is CCC(CC)C1(C)CN2N=C(C)C=CC2=N1. The van der Waals surface area contributed by atoms with Crippen LogP contribution in [0.2, 0.25) is 0 Å². The fourth-order valence-electron chi connectivity index (χ4n) is 2.76. The van der Waals surface area contributed by atoms with E-state index in [0.29, 0.717) is 5.92 Å². The van der Waals surface area contributed by atoms with Crippen LogP contribution in [0, 0.1) is 5.92 Å². The third kappa shape index (κ3) is 1.79. The molecule has 0 amide bonds. The highest BCUT2D eigenvalue weighted by atomic mass is 15.5. The van der Waals surface area contributed by atoms with Crippen molar-refractivity contribution in [2.75, 3.05) is 6.54 Å². The lowest BCUT2D eigenvalue weighted by atomic mass is 9.83. The van der Waals surface area contributed by atoms with Gasteiger partial charge in [-0.05, 0) is 31.9 Å². The highest BCUT2D eigenvalue weighted by Gasteiger charge is 2.40. The summed E-state index contributed by atoms with van der Waals surface area (Å²) >= 11 is 0. The number of fused-ring (bicyclic) bond motifs is 1. The molecule has 2 heterocycles. The Morgan fingerprint density at radius 3 is 2.69 bits per heavy atom. The minimum atomic E-state index is 0.0390. The molecule has 0 saturated carbocycles. The van der Waals surface area contributed by atoms with Gasteiger partial charge in [-0.2, -0.15) is 5.10 Å². The van der Waals surface area contributed by atoms with Crippen LogP contribution in [0.1, 0.15) is 40.5 Å². The second kappa shape index (κ2) is 4.04. The van der Waals surface area contributed by atoms with Gasteiger partial charge in [0.25, 0.3) is 0 Å². The maximum absolute atomic E-state index is 4.87. The Hall–Kier alpha value is -1.12. The summed E-state index contributed by atoms with van der Waals surface area (Å²) in [6, 6.07) is 0. The second-order valence-corrected chi connectivity index (χ2v) is 4.97. The first-order valence-corrected chi connectivity index (χ1v) is 6.19. The van der Waals surface area contributed by atoms with E-state index in [1.807, 2.05) is 18.0 Å². The number of aliphatic imine (C=N–C) groups is 1. The van der Waals surface area contributed by atoms with Crippen LogP contribution in [-0.4, -0.2) is 28.6 Å².